The molecule has 5 rings (SSSR count). The van der Waals surface area contributed by atoms with Gasteiger partial charge in [-0.3, -0.25) is 4.79 Å². The van der Waals surface area contributed by atoms with Crippen molar-refractivity contribution in [2.75, 3.05) is 13.7 Å². The third kappa shape index (κ3) is 5.08. The van der Waals surface area contributed by atoms with Crippen LogP contribution in [0.4, 0.5) is 0 Å². The molecule has 1 N–H and O–H groups in total. The number of rotatable bonds is 7. The molecule has 1 aliphatic heterocycles. The van der Waals surface area contributed by atoms with Crippen LogP contribution in [0, 0.1) is 0 Å². The van der Waals surface area contributed by atoms with E-state index in [0.29, 0.717) is 6.42 Å². The molecule has 0 bridgehead atoms. The van der Waals surface area contributed by atoms with Crippen LogP contribution in [0.15, 0.2) is 91.0 Å². The Morgan fingerprint density at radius 3 is 2.54 bits per heavy atom. The third-order valence-corrected chi connectivity index (χ3v) is 6.99. The van der Waals surface area contributed by atoms with E-state index < -0.39 is 0 Å². The summed E-state index contributed by atoms with van der Waals surface area (Å²) >= 11 is 0. The highest BCUT2D eigenvalue weighted by molar-refractivity contribution is 5.86. The zero-order valence-electron chi connectivity index (χ0n) is 20.2. The lowest BCUT2D eigenvalue weighted by Crippen LogP contribution is -2.37. The van der Waals surface area contributed by atoms with Gasteiger partial charge in [0.25, 0.3) is 0 Å². The topological polar surface area (TPSA) is 47.6 Å². The summed E-state index contributed by atoms with van der Waals surface area (Å²) in [5.74, 6) is 0.972. The van der Waals surface area contributed by atoms with Gasteiger partial charge in [0.15, 0.2) is 0 Å². The number of nitrogens with one attached hydrogen (secondary N) is 1. The van der Waals surface area contributed by atoms with Gasteiger partial charge < -0.3 is 14.8 Å². The standard InChI is InChI=1S/C31H31NO3/c1-21(26-12-7-9-23-8-3-4-10-27(23)26)32-20-25-19-29(28-11-5-6-13-30(28)35-25)24-16-14-22(15-17-24)18-31(33)34-2/h3-17,21,25,29,32H,18-20H2,1-2H3/t21-,25-,29-/m1/s1. The fourth-order valence-electron chi connectivity index (χ4n) is 5.09. The minimum atomic E-state index is -0.222. The second kappa shape index (κ2) is 10.3. The van der Waals surface area contributed by atoms with Crippen molar-refractivity contribution < 1.29 is 14.3 Å². The molecule has 178 valence electrons. The van der Waals surface area contributed by atoms with Crippen molar-refractivity contribution in [1.82, 2.24) is 5.32 Å². The SMILES string of the molecule is COC(=O)Cc1ccc([C@H]2C[C@H](CN[C@H](C)c3cccc4ccccc34)Oc3ccccc32)cc1. The van der Waals surface area contributed by atoms with E-state index in [1.807, 2.05) is 18.2 Å². The summed E-state index contributed by atoms with van der Waals surface area (Å²) in [5.41, 5.74) is 4.72. The van der Waals surface area contributed by atoms with Gasteiger partial charge in [-0.15, -0.1) is 0 Å². The average molecular weight is 466 g/mol. The van der Waals surface area contributed by atoms with E-state index in [1.165, 1.54) is 34.6 Å². The van der Waals surface area contributed by atoms with Crippen molar-refractivity contribution in [2.45, 2.75) is 37.8 Å². The Labute approximate surface area is 206 Å². The number of benzene rings is 4. The third-order valence-electron chi connectivity index (χ3n) is 6.99. The van der Waals surface area contributed by atoms with Crippen molar-refractivity contribution in [3.63, 3.8) is 0 Å². The van der Waals surface area contributed by atoms with Crippen LogP contribution in [0.25, 0.3) is 10.8 Å². The molecule has 0 saturated carbocycles. The van der Waals surface area contributed by atoms with E-state index in [2.05, 4.69) is 85.0 Å². The van der Waals surface area contributed by atoms with Crippen LogP contribution in [-0.4, -0.2) is 25.7 Å². The molecule has 1 aliphatic rings. The Bertz CT molecular complexity index is 1310. The van der Waals surface area contributed by atoms with Crippen molar-refractivity contribution in [3.8, 4) is 5.75 Å². The van der Waals surface area contributed by atoms with E-state index in [1.54, 1.807) is 0 Å². The number of methoxy groups -OCH3 is 1. The Morgan fingerprint density at radius 2 is 1.71 bits per heavy atom. The molecule has 0 unspecified atom stereocenters. The maximum absolute atomic E-state index is 11.6. The average Bonchev–Trinajstić information content (AvgIpc) is 2.91. The molecule has 3 atom stereocenters. The van der Waals surface area contributed by atoms with Crippen LogP contribution >= 0.6 is 0 Å². The largest absolute Gasteiger partial charge is 0.489 e. The number of esters is 1. The van der Waals surface area contributed by atoms with E-state index in [4.69, 9.17) is 9.47 Å². The minimum Gasteiger partial charge on any atom is -0.489 e. The van der Waals surface area contributed by atoms with Crippen molar-refractivity contribution >= 4 is 16.7 Å². The summed E-state index contributed by atoms with van der Waals surface area (Å²) in [5, 5.41) is 6.27. The summed E-state index contributed by atoms with van der Waals surface area (Å²) in [7, 11) is 1.42. The first-order valence-electron chi connectivity index (χ1n) is 12.2. The van der Waals surface area contributed by atoms with Crippen molar-refractivity contribution in [1.29, 1.82) is 0 Å². The zero-order valence-corrected chi connectivity index (χ0v) is 20.2. The van der Waals surface area contributed by atoms with E-state index in [-0.39, 0.29) is 24.0 Å². The number of hydrogen-bond donors (Lipinski definition) is 1. The van der Waals surface area contributed by atoms with Crippen LogP contribution in [0.1, 0.15) is 47.6 Å². The van der Waals surface area contributed by atoms with Crippen LogP contribution in [0.2, 0.25) is 0 Å². The molecule has 0 aromatic heterocycles. The number of fused-ring (bicyclic) bond motifs is 2. The Balaban J connectivity index is 1.32. The van der Waals surface area contributed by atoms with E-state index in [0.717, 1.165) is 24.3 Å². The fourth-order valence-corrected chi connectivity index (χ4v) is 5.09. The summed E-state index contributed by atoms with van der Waals surface area (Å²) in [6, 6.07) is 31.9. The maximum atomic E-state index is 11.6. The monoisotopic (exact) mass is 465 g/mol. The molecule has 0 fully saturated rings. The molecule has 4 aromatic carbocycles. The minimum absolute atomic E-state index is 0.0575. The zero-order chi connectivity index (χ0) is 24.2. The number of carbonyl (C=O) groups is 1. The molecule has 0 saturated heterocycles. The summed E-state index contributed by atoms with van der Waals surface area (Å²) in [6.45, 7) is 2.98. The first kappa shape index (κ1) is 23.1. The normalized spacial score (nSPS) is 17.9. The smallest absolute Gasteiger partial charge is 0.309 e. The lowest BCUT2D eigenvalue weighted by Gasteiger charge is -2.33. The molecule has 0 spiro atoms. The van der Waals surface area contributed by atoms with Gasteiger partial charge >= 0.3 is 5.97 Å². The summed E-state index contributed by atoms with van der Waals surface area (Å²) in [6.07, 6.45) is 1.24. The first-order valence-corrected chi connectivity index (χ1v) is 12.2. The number of hydrogen-bond acceptors (Lipinski definition) is 4. The van der Waals surface area contributed by atoms with E-state index >= 15 is 0 Å². The van der Waals surface area contributed by atoms with Gasteiger partial charge in [0.2, 0.25) is 0 Å². The second-order valence-corrected chi connectivity index (χ2v) is 9.26. The van der Waals surface area contributed by atoms with Gasteiger partial charge in [0, 0.05) is 24.1 Å². The van der Waals surface area contributed by atoms with Gasteiger partial charge in [-0.2, -0.15) is 0 Å². The highest BCUT2D eigenvalue weighted by atomic mass is 16.5. The van der Waals surface area contributed by atoms with Gasteiger partial charge in [-0.1, -0.05) is 84.9 Å². The number of carbonyl (C=O) groups excluding carboxylic acids is 1. The molecule has 35 heavy (non-hydrogen) atoms. The molecule has 0 aliphatic carbocycles. The fraction of sp³-hybridized carbons (Fsp3) is 0.258. The second-order valence-electron chi connectivity index (χ2n) is 9.26. The van der Waals surface area contributed by atoms with Gasteiger partial charge in [-0.05, 0) is 46.9 Å². The molecular weight excluding hydrogens is 434 g/mol. The quantitative estimate of drug-likeness (QED) is 0.331. The Morgan fingerprint density at radius 1 is 0.971 bits per heavy atom. The molecule has 1 heterocycles. The van der Waals surface area contributed by atoms with Crippen LogP contribution in [0.3, 0.4) is 0 Å². The predicted molar refractivity (Wildman–Crippen MR) is 140 cm³/mol. The first-order chi connectivity index (χ1) is 17.1. The number of para-hydroxylation sites is 1. The van der Waals surface area contributed by atoms with Crippen molar-refractivity contribution in [2.24, 2.45) is 0 Å². The van der Waals surface area contributed by atoms with Gasteiger partial charge in [-0.25, -0.2) is 0 Å². The highest BCUT2D eigenvalue weighted by Gasteiger charge is 2.29. The lowest BCUT2D eigenvalue weighted by molar-refractivity contribution is -0.139. The van der Waals surface area contributed by atoms with Crippen LogP contribution < -0.4 is 10.1 Å². The molecular formula is C31H31NO3. The van der Waals surface area contributed by atoms with Crippen LogP contribution in [-0.2, 0) is 16.0 Å². The Kier molecular flexibility index (Phi) is 6.82. The summed E-state index contributed by atoms with van der Waals surface area (Å²) < 4.78 is 11.2. The molecule has 4 heteroatoms. The molecule has 4 nitrogen and oxygen atoms in total. The maximum Gasteiger partial charge on any atom is 0.309 e. The van der Waals surface area contributed by atoms with Gasteiger partial charge in [0.05, 0.1) is 13.5 Å². The Hall–Kier alpha value is -3.63. The molecule has 0 amide bonds. The van der Waals surface area contributed by atoms with Crippen LogP contribution in [0.5, 0.6) is 5.75 Å². The van der Waals surface area contributed by atoms with Gasteiger partial charge in [0.1, 0.15) is 11.9 Å². The summed E-state index contributed by atoms with van der Waals surface area (Å²) in [4.78, 5) is 11.6. The van der Waals surface area contributed by atoms with E-state index in [9.17, 15) is 4.79 Å². The van der Waals surface area contributed by atoms with Crippen molar-refractivity contribution in [3.05, 3.63) is 113 Å². The lowest BCUT2D eigenvalue weighted by atomic mass is 9.83. The number of ether oxygens (including phenoxy) is 2. The molecule has 0 radical (unpaired) electrons. The predicted octanol–water partition coefficient (Wildman–Crippen LogP) is 6.19. The highest BCUT2D eigenvalue weighted by Crippen LogP contribution is 2.40. The molecule has 4 aromatic rings.